The molecular formula is C31H28O12. The number of phenolic OH excluding ortho intramolecular Hbond substituents is 8. The van der Waals surface area contributed by atoms with E-state index in [0.29, 0.717) is 11.1 Å². The monoisotopic (exact) mass is 592 g/mol. The van der Waals surface area contributed by atoms with Gasteiger partial charge in [0.2, 0.25) is 0 Å². The molecule has 0 saturated heterocycles. The summed E-state index contributed by atoms with van der Waals surface area (Å²) in [5.41, 5.74) is 1.18. The Hall–Kier alpha value is -5.20. The Balaban J connectivity index is 1.43. The van der Waals surface area contributed by atoms with Gasteiger partial charge in [-0.2, -0.15) is 0 Å². The van der Waals surface area contributed by atoms with Gasteiger partial charge in [-0.1, -0.05) is 12.1 Å². The summed E-state index contributed by atoms with van der Waals surface area (Å²) in [6, 6.07) is 9.94. The van der Waals surface area contributed by atoms with Gasteiger partial charge < -0.3 is 60.5 Å². The first-order chi connectivity index (χ1) is 20.4. The third kappa shape index (κ3) is 4.76. The maximum atomic E-state index is 11.0. The number of phenols is 8. The van der Waals surface area contributed by atoms with Crippen LogP contribution in [0.5, 0.6) is 57.5 Å². The van der Waals surface area contributed by atoms with Gasteiger partial charge in [-0.15, -0.1) is 0 Å². The van der Waals surface area contributed by atoms with E-state index < -0.39 is 47.4 Å². The van der Waals surface area contributed by atoms with Crippen LogP contribution in [0.25, 0.3) is 0 Å². The van der Waals surface area contributed by atoms with E-state index in [4.69, 9.17) is 9.47 Å². The molecule has 0 bridgehead atoms. The average Bonchev–Trinajstić information content (AvgIpc) is 2.95. The summed E-state index contributed by atoms with van der Waals surface area (Å²) in [5, 5.41) is 104. The van der Waals surface area contributed by atoms with Crippen LogP contribution < -0.4 is 9.47 Å². The number of fused-ring (bicyclic) bond motifs is 2. The van der Waals surface area contributed by atoms with E-state index in [9.17, 15) is 51.1 Å². The third-order valence-corrected chi connectivity index (χ3v) is 7.90. The van der Waals surface area contributed by atoms with Gasteiger partial charge in [0, 0.05) is 53.6 Å². The van der Waals surface area contributed by atoms with Crippen molar-refractivity contribution in [2.45, 2.75) is 43.7 Å². The van der Waals surface area contributed by atoms with E-state index in [1.807, 2.05) is 0 Å². The molecule has 0 aromatic heterocycles. The highest BCUT2D eigenvalue weighted by Crippen LogP contribution is 2.51. The SMILES string of the molecule is Oc1ccc(C2Oc3c(Cc4c(O)cc(O)c5c4OC(c4ccc(O)c(O)c4)[C@H](O)C5)c(O)cc(O)c3C[C@H]2O)cc1O. The van der Waals surface area contributed by atoms with E-state index in [2.05, 4.69) is 0 Å². The molecule has 0 radical (unpaired) electrons. The summed E-state index contributed by atoms with van der Waals surface area (Å²) in [5.74, 6) is -3.09. The average molecular weight is 593 g/mol. The number of aliphatic hydroxyl groups excluding tert-OH is 2. The minimum atomic E-state index is -1.18. The molecule has 0 amide bonds. The maximum Gasteiger partial charge on any atom is 0.157 e. The Labute approximate surface area is 243 Å². The fourth-order valence-corrected chi connectivity index (χ4v) is 5.69. The highest BCUT2D eigenvalue weighted by Gasteiger charge is 2.38. The molecule has 12 nitrogen and oxygen atoms in total. The van der Waals surface area contributed by atoms with Crippen LogP contribution in [-0.4, -0.2) is 63.3 Å². The molecule has 2 heterocycles. The van der Waals surface area contributed by atoms with E-state index in [1.165, 1.54) is 36.4 Å². The first kappa shape index (κ1) is 27.9. The van der Waals surface area contributed by atoms with E-state index in [0.717, 1.165) is 12.1 Å². The van der Waals surface area contributed by atoms with Crippen LogP contribution in [0.15, 0.2) is 48.5 Å². The number of benzene rings is 4. The lowest BCUT2D eigenvalue weighted by Crippen LogP contribution is -2.31. The molecule has 4 atom stereocenters. The second-order valence-corrected chi connectivity index (χ2v) is 10.7. The lowest BCUT2D eigenvalue weighted by Gasteiger charge is -2.34. The summed E-state index contributed by atoms with van der Waals surface area (Å²) in [6.45, 7) is 0. The fraction of sp³-hybridized carbons (Fsp3) is 0.226. The molecule has 43 heavy (non-hydrogen) atoms. The van der Waals surface area contributed by atoms with Gasteiger partial charge >= 0.3 is 0 Å². The number of rotatable bonds is 4. The van der Waals surface area contributed by atoms with Crippen molar-refractivity contribution in [3.63, 3.8) is 0 Å². The molecule has 12 heteroatoms. The standard InChI is InChI=1S/C31H28O12/c32-18-3-1-12(5-24(18)38)28-26(40)8-16-22(36)10-20(34)14(30(16)42-28)7-15-21(35)11-23(37)17-9-27(41)29(43-31(15)17)13-2-4-19(33)25(39)6-13/h1-6,10-11,26-29,32-41H,7-9H2/t26-,27-,28?,29?/m1/s1. The van der Waals surface area contributed by atoms with Gasteiger partial charge in [-0.05, 0) is 35.4 Å². The third-order valence-electron chi connectivity index (χ3n) is 7.90. The van der Waals surface area contributed by atoms with E-state index in [-0.39, 0.29) is 76.0 Å². The normalized spacial score (nSPS) is 20.9. The Morgan fingerprint density at radius 3 is 1.26 bits per heavy atom. The van der Waals surface area contributed by atoms with Crippen LogP contribution in [0.4, 0.5) is 0 Å². The minimum Gasteiger partial charge on any atom is -0.507 e. The lowest BCUT2D eigenvalue weighted by molar-refractivity contribution is 0.0181. The molecule has 6 rings (SSSR count). The summed E-state index contributed by atoms with van der Waals surface area (Å²) in [7, 11) is 0. The molecule has 224 valence electrons. The first-order valence-corrected chi connectivity index (χ1v) is 13.3. The van der Waals surface area contributed by atoms with Gasteiger partial charge in [-0.3, -0.25) is 0 Å². The molecule has 2 unspecified atom stereocenters. The summed E-state index contributed by atoms with van der Waals surface area (Å²) < 4.78 is 12.2. The number of aromatic hydroxyl groups is 8. The lowest BCUT2D eigenvalue weighted by atomic mass is 9.88. The molecule has 4 aromatic carbocycles. The van der Waals surface area contributed by atoms with Gasteiger partial charge in [-0.25, -0.2) is 0 Å². The zero-order chi connectivity index (χ0) is 30.7. The molecule has 0 spiro atoms. The predicted octanol–water partition coefficient (Wildman–Crippen LogP) is 3.00. The Bertz CT molecular complexity index is 1620. The van der Waals surface area contributed by atoms with Crippen molar-refractivity contribution in [2.75, 3.05) is 0 Å². The Morgan fingerprint density at radius 2 is 0.884 bits per heavy atom. The molecule has 0 aliphatic carbocycles. The zero-order valence-electron chi connectivity index (χ0n) is 22.3. The van der Waals surface area contributed by atoms with E-state index in [1.54, 1.807) is 0 Å². The van der Waals surface area contributed by atoms with Crippen LogP contribution in [0, 0.1) is 0 Å². The minimum absolute atomic E-state index is 0.0115. The molecule has 2 aliphatic rings. The van der Waals surface area contributed by atoms with Crippen LogP contribution in [0.3, 0.4) is 0 Å². The number of aliphatic hydroxyl groups is 2. The molecule has 0 saturated carbocycles. The topological polar surface area (TPSA) is 221 Å². The second-order valence-electron chi connectivity index (χ2n) is 10.7. The quantitative estimate of drug-likeness (QED) is 0.155. The van der Waals surface area contributed by atoms with Crippen molar-refractivity contribution in [2.24, 2.45) is 0 Å². The van der Waals surface area contributed by atoms with Crippen LogP contribution in [0.1, 0.15) is 45.6 Å². The van der Waals surface area contributed by atoms with Crippen molar-refractivity contribution < 1.29 is 60.5 Å². The Morgan fingerprint density at radius 1 is 0.488 bits per heavy atom. The van der Waals surface area contributed by atoms with Gasteiger partial charge in [0.15, 0.2) is 23.0 Å². The van der Waals surface area contributed by atoms with Crippen molar-refractivity contribution >= 4 is 0 Å². The van der Waals surface area contributed by atoms with Crippen LogP contribution in [0.2, 0.25) is 0 Å². The van der Waals surface area contributed by atoms with Crippen molar-refractivity contribution in [3.05, 3.63) is 81.9 Å². The molecule has 0 fully saturated rings. The fourth-order valence-electron chi connectivity index (χ4n) is 5.69. The highest BCUT2D eigenvalue weighted by atomic mass is 16.5. The van der Waals surface area contributed by atoms with Crippen LogP contribution >= 0.6 is 0 Å². The summed E-state index contributed by atoms with van der Waals surface area (Å²) >= 11 is 0. The number of hydrogen-bond donors (Lipinski definition) is 10. The zero-order valence-corrected chi connectivity index (χ0v) is 22.3. The predicted molar refractivity (Wildman–Crippen MR) is 148 cm³/mol. The number of ether oxygens (including phenoxy) is 2. The molecule has 4 aromatic rings. The highest BCUT2D eigenvalue weighted by molar-refractivity contribution is 5.64. The van der Waals surface area contributed by atoms with Crippen molar-refractivity contribution in [1.29, 1.82) is 0 Å². The number of hydrogen-bond acceptors (Lipinski definition) is 12. The van der Waals surface area contributed by atoms with Crippen LogP contribution in [-0.2, 0) is 19.3 Å². The van der Waals surface area contributed by atoms with Gasteiger partial charge in [0.1, 0.15) is 46.7 Å². The second kappa shape index (κ2) is 10.3. The van der Waals surface area contributed by atoms with Crippen molar-refractivity contribution in [3.8, 4) is 57.5 Å². The van der Waals surface area contributed by atoms with Gasteiger partial charge in [0.05, 0.1) is 12.2 Å². The molecule has 2 aliphatic heterocycles. The van der Waals surface area contributed by atoms with E-state index >= 15 is 0 Å². The molecular weight excluding hydrogens is 564 g/mol. The maximum absolute atomic E-state index is 11.0. The summed E-state index contributed by atoms with van der Waals surface area (Å²) in [4.78, 5) is 0. The Kier molecular flexibility index (Phi) is 6.67. The smallest absolute Gasteiger partial charge is 0.157 e. The largest absolute Gasteiger partial charge is 0.507 e. The summed E-state index contributed by atoms with van der Waals surface area (Å²) in [6.07, 6.45) is -4.96. The van der Waals surface area contributed by atoms with Gasteiger partial charge in [0.25, 0.3) is 0 Å². The van der Waals surface area contributed by atoms with Crippen molar-refractivity contribution in [1.82, 2.24) is 0 Å². The first-order valence-electron chi connectivity index (χ1n) is 13.3. The molecule has 10 N–H and O–H groups in total.